The monoisotopic (exact) mass is 299 g/mol. The summed E-state index contributed by atoms with van der Waals surface area (Å²) in [5.74, 6) is 0.935. The van der Waals surface area contributed by atoms with Crippen molar-refractivity contribution in [2.45, 2.75) is 20.5 Å². The first-order valence-electron chi connectivity index (χ1n) is 5.08. The van der Waals surface area contributed by atoms with Gasteiger partial charge in [0.15, 0.2) is 8.68 Å². The van der Waals surface area contributed by atoms with Crippen molar-refractivity contribution in [3.63, 3.8) is 0 Å². The van der Waals surface area contributed by atoms with Gasteiger partial charge in [-0.2, -0.15) is 0 Å². The van der Waals surface area contributed by atoms with Gasteiger partial charge in [-0.05, 0) is 11.8 Å². The van der Waals surface area contributed by atoms with E-state index in [1.807, 2.05) is 6.92 Å². The highest BCUT2D eigenvalue weighted by molar-refractivity contribution is 8.03. The minimum absolute atomic E-state index is 0.0994. The van der Waals surface area contributed by atoms with Gasteiger partial charge in [0.1, 0.15) is 0 Å². The van der Waals surface area contributed by atoms with E-state index in [0.29, 0.717) is 4.90 Å². The van der Waals surface area contributed by atoms with Crippen LogP contribution in [0.25, 0.3) is 0 Å². The van der Waals surface area contributed by atoms with Crippen LogP contribution in [0.3, 0.4) is 0 Å². The van der Waals surface area contributed by atoms with Crippen LogP contribution in [0, 0.1) is 10.1 Å². The maximum atomic E-state index is 10.9. The van der Waals surface area contributed by atoms with Gasteiger partial charge in [-0.3, -0.25) is 10.1 Å². The molecule has 1 aromatic carbocycles. The first-order valence-corrected chi connectivity index (χ1v) is 7.70. The van der Waals surface area contributed by atoms with Gasteiger partial charge < -0.3 is 0 Å². The molecule has 0 fully saturated rings. The molecule has 94 valence electrons. The Morgan fingerprint density at radius 3 is 2.78 bits per heavy atom. The fourth-order valence-corrected chi connectivity index (χ4v) is 4.19. The number of nitro groups is 1. The summed E-state index contributed by atoms with van der Waals surface area (Å²) >= 11 is 4.35. The smallest absolute Gasteiger partial charge is 0.258 e. The van der Waals surface area contributed by atoms with Gasteiger partial charge in [-0.15, -0.1) is 10.2 Å². The van der Waals surface area contributed by atoms with Crippen molar-refractivity contribution in [2.75, 3.05) is 5.75 Å². The van der Waals surface area contributed by atoms with Crippen LogP contribution in [0.4, 0.5) is 5.69 Å². The molecule has 18 heavy (non-hydrogen) atoms. The molecule has 8 heteroatoms. The van der Waals surface area contributed by atoms with Crippen LogP contribution >= 0.6 is 34.9 Å². The zero-order valence-corrected chi connectivity index (χ0v) is 11.8. The molecule has 0 radical (unpaired) electrons. The molecule has 0 N–H and O–H groups in total. The second-order valence-electron chi connectivity index (χ2n) is 3.09. The molecule has 0 atom stereocenters. The van der Waals surface area contributed by atoms with Crippen LogP contribution < -0.4 is 0 Å². The van der Waals surface area contributed by atoms with E-state index < -0.39 is 0 Å². The maximum absolute atomic E-state index is 10.9. The third kappa shape index (κ3) is 3.21. The fraction of sp³-hybridized carbons (Fsp3) is 0.200. The molecule has 0 unspecified atom stereocenters. The molecule has 0 aliphatic rings. The molecular formula is C10H9N3O2S3. The Morgan fingerprint density at radius 2 is 2.06 bits per heavy atom. The van der Waals surface area contributed by atoms with Crippen LogP contribution in [0.2, 0.25) is 0 Å². The Balaban J connectivity index is 2.20. The third-order valence-corrected chi connectivity index (χ3v) is 4.97. The Hall–Kier alpha value is -1.12. The minimum atomic E-state index is -0.384. The first-order chi connectivity index (χ1) is 8.70. The topological polar surface area (TPSA) is 68.9 Å². The molecule has 0 aliphatic heterocycles. The van der Waals surface area contributed by atoms with Crippen molar-refractivity contribution < 1.29 is 4.92 Å². The summed E-state index contributed by atoms with van der Waals surface area (Å²) < 4.78 is 1.61. The summed E-state index contributed by atoms with van der Waals surface area (Å²) in [6.45, 7) is 2.04. The number of thioether (sulfide) groups is 1. The lowest BCUT2D eigenvalue weighted by Crippen LogP contribution is -1.89. The summed E-state index contributed by atoms with van der Waals surface area (Å²) in [6.07, 6.45) is 0. The van der Waals surface area contributed by atoms with Gasteiger partial charge in [0.25, 0.3) is 5.69 Å². The lowest BCUT2D eigenvalue weighted by atomic mass is 10.3. The van der Waals surface area contributed by atoms with E-state index >= 15 is 0 Å². The van der Waals surface area contributed by atoms with Crippen LogP contribution in [0.1, 0.15) is 6.92 Å². The highest BCUT2D eigenvalue weighted by Gasteiger charge is 2.15. The van der Waals surface area contributed by atoms with Crippen molar-refractivity contribution in [3.05, 3.63) is 34.4 Å². The zero-order chi connectivity index (χ0) is 13.0. The van der Waals surface area contributed by atoms with Crippen molar-refractivity contribution in [3.8, 4) is 0 Å². The fourth-order valence-electron chi connectivity index (χ4n) is 1.21. The van der Waals surface area contributed by atoms with Crippen LogP contribution in [-0.4, -0.2) is 20.9 Å². The van der Waals surface area contributed by atoms with Crippen LogP contribution in [0.15, 0.2) is 37.8 Å². The van der Waals surface area contributed by atoms with Crippen molar-refractivity contribution in [2.24, 2.45) is 0 Å². The molecule has 2 aromatic rings. The average molecular weight is 299 g/mol. The van der Waals surface area contributed by atoms with E-state index in [1.54, 1.807) is 30.0 Å². The predicted octanol–water partition coefficient (Wildman–Crippen LogP) is 3.71. The quantitative estimate of drug-likeness (QED) is 0.476. The number of benzene rings is 1. The maximum Gasteiger partial charge on any atom is 0.283 e. The van der Waals surface area contributed by atoms with Crippen LogP contribution in [-0.2, 0) is 0 Å². The Labute approximate surface area is 116 Å². The van der Waals surface area contributed by atoms with Crippen molar-refractivity contribution in [1.82, 2.24) is 10.2 Å². The molecule has 5 nitrogen and oxygen atoms in total. The number of para-hydroxylation sites is 1. The highest BCUT2D eigenvalue weighted by Crippen LogP contribution is 2.37. The van der Waals surface area contributed by atoms with Gasteiger partial charge in [0, 0.05) is 6.07 Å². The second kappa shape index (κ2) is 6.17. The van der Waals surface area contributed by atoms with Crippen molar-refractivity contribution in [1.29, 1.82) is 0 Å². The molecule has 0 aliphatic carbocycles. The number of nitro benzene ring substituents is 1. The SMILES string of the molecule is CCSc1nnc(Sc2ccccc2[N+](=O)[O-])s1. The van der Waals surface area contributed by atoms with E-state index in [1.165, 1.54) is 29.2 Å². The molecule has 0 spiro atoms. The minimum Gasteiger partial charge on any atom is -0.258 e. The average Bonchev–Trinajstić information content (AvgIpc) is 2.77. The normalized spacial score (nSPS) is 10.5. The molecular weight excluding hydrogens is 290 g/mol. The molecule has 2 rings (SSSR count). The molecule has 0 bridgehead atoms. The molecule has 1 heterocycles. The van der Waals surface area contributed by atoms with Gasteiger partial charge in [-0.1, -0.05) is 53.9 Å². The summed E-state index contributed by atoms with van der Waals surface area (Å²) in [7, 11) is 0. The number of nitrogens with zero attached hydrogens (tertiary/aromatic N) is 3. The summed E-state index contributed by atoms with van der Waals surface area (Å²) in [4.78, 5) is 11.1. The van der Waals surface area contributed by atoms with Gasteiger partial charge >= 0.3 is 0 Å². The van der Waals surface area contributed by atoms with E-state index in [-0.39, 0.29) is 10.6 Å². The van der Waals surface area contributed by atoms with Crippen molar-refractivity contribution >= 4 is 40.5 Å². The van der Waals surface area contributed by atoms with E-state index in [9.17, 15) is 10.1 Å². The lowest BCUT2D eigenvalue weighted by Gasteiger charge is -1.98. The Bertz CT molecular complexity index is 559. The second-order valence-corrected chi connectivity index (χ2v) is 6.87. The number of aromatic nitrogens is 2. The molecule has 0 saturated heterocycles. The molecule has 0 amide bonds. The van der Waals surface area contributed by atoms with Gasteiger partial charge in [-0.25, -0.2) is 0 Å². The molecule has 0 saturated carbocycles. The largest absolute Gasteiger partial charge is 0.283 e. The summed E-state index contributed by atoms with van der Waals surface area (Å²) in [6, 6.07) is 6.64. The Kier molecular flexibility index (Phi) is 4.56. The predicted molar refractivity (Wildman–Crippen MR) is 73.5 cm³/mol. The number of hydrogen-bond acceptors (Lipinski definition) is 7. The Morgan fingerprint density at radius 1 is 1.33 bits per heavy atom. The third-order valence-electron chi connectivity index (χ3n) is 1.91. The highest BCUT2D eigenvalue weighted by atomic mass is 32.2. The van der Waals surface area contributed by atoms with Crippen LogP contribution in [0.5, 0.6) is 0 Å². The number of rotatable bonds is 5. The van der Waals surface area contributed by atoms with Gasteiger partial charge in [0.2, 0.25) is 0 Å². The zero-order valence-electron chi connectivity index (χ0n) is 9.40. The van der Waals surface area contributed by atoms with E-state index in [0.717, 1.165) is 14.4 Å². The first kappa shape index (κ1) is 13.3. The summed E-state index contributed by atoms with van der Waals surface area (Å²) in [5, 5.41) is 18.9. The van der Waals surface area contributed by atoms with E-state index in [4.69, 9.17) is 0 Å². The number of hydrogen-bond donors (Lipinski definition) is 0. The summed E-state index contributed by atoms with van der Waals surface area (Å²) in [5.41, 5.74) is 0.0994. The van der Waals surface area contributed by atoms with Gasteiger partial charge in [0.05, 0.1) is 9.82 Å². The standard InChI is InChI=1S/C10H9N3O2S3/c1-2-16-9-11-12-10(18-9)17-8-6-4-3-5-7(8)13(14)15/h3-6H,2H2,1H3. The molecule has 1 aromatic heterocycles. The lowest BCUT2D eigenvalue weighted by molar-refractivity contribution is -0.387. The van der Waals surface area contributed by atoms with E-state index in [2.05, 4.69) is 10.2 Å².